The van der Waals surface area contributed by atoms with Crippen molar-refractivity contribution in [3.63, 3.8) is 0 Å². The fraction of sp³-hybridized carbons (Fsp3) is 0.480. The minimum Gasteiger partial charge on any atom is -0.444 e. The lowest BCUT2D eigenvalue weighted by Crippen LogP contribution is -2.41. The summed E-state index contributed by atoms with van der Waals surface area (Å²) < 4.78 is 6.08. The maximum atomic E-state index is 13.4. The predicted molar refractivity (Wildman–Crippen MR) is 139 cm³/mol. The summed E-state index contributed by atoms with van der Waals surface area (Å²) in [6.45, 7) is 12.4. The number of hydrogen-bond donors (Lipinski definition) is 2. The van der Waals surface area contributed by atoms with Crippen molar-refractivity contribution < 1.29 is 14.3 Å². The summed E-state index contributed by atoms with van der Waals surface area (Å²) in [7, 11) is 0. The molecule has 1 aliphatic heterocycles. The molecule has 1 unspecified atom stereocenters. The summed E-state index contributed by atoms with van der Waals surface area (Å²) in [5.74, 6) is 0.221. The predicted octanol–water partition coefficient (Wildman–Crippen LogP) is 5.02. The van der Waals surface area contributed by atoms with Crippen LogP contribution < -0.4 is 10.6 Å². The van der Waals surface area contributed by atoms with E-state index in [0.717, 1.165) is 15.8 Å². The van der Waals surface area contributed by atoms with Crippen LogP contribution in [0.3, 0.4) is 0 Å². The Morgan fingerprint density at radius 2 is 2.00 bits per heavy atom. The Kier molecular flexibility index (Phi) is 8.61. The van der Waals surface area contributed by atoms with Crippen molar-refractivity contribution in [2.75, 3.05) is 18.4 Å². The number of fused-ring (bicyclic) bond motifs is 1. The van der Waals surface area contributed by atoms with Crippen molar-refractivity contribution in [1.29, 1.82) is 0 Å². The van der Waals surface area contributed by atoms with E-state index in [1.54, 1.807) is 17.3 Å². The third-order valence-corrected chi connectivity index (χ3v) is 6.14. The number of pyridine rings is 1. The lowest BCUT2D eigenvalue weighted by atomic mass is 10.1. The fourth-order valence-corrected chi connectivity index (χ4v) is 4.48. The van der Waals surface area contributed by atoms with Gasteiger partial charge < -0.3 is 20.3 Å². The monoisotopic (exact) mass is 498 g/mol. The van der Waals surface area contributed by atoms with E-state index in [-0.39, 0.29) is 18.0 Å². The van der Waals surface area contributed by atoms with Gasteiger partial charge in [-0.15, -0.1) is 11.3 Å². The van der Waals surface area contributed by atoms with Gasteiger partial charge in [0.15, 0.2) is 5.69 Å². The SMILES string of the molecule is CC.CC(Nc1nc(C(=O)N2CC[C@@H](NC(=O)OC(C)(C)C)C2)c2sccc2n1)c1cccnc1. The molecule has 2 N–H and O–H groups in total. The summed E-state index contributed by atoms with van der Waals surface area (Å²) in [5, 5.41) is 8.04. The van der Waals surface area contributed by atoms with Crippen molar-refractivity contribution in [2.24, 2.45) is 0 Å². The number of rotatable bonds is 5. The van der Waals surface area contributed by atoms with Crippen LogP contribution >= 0.6 is 11.3 Å². The van der Waals surface area contributed by atoms with Gasteiger partial charge >= 0.3 is 6.09 Å². The molecule has 1 fully saturated rings. The standard InChI is InChI=1S/C23H28N6O3S.C2H6/c1-14(15-6-5-9-24-12-15)25-21-27-17-8-11-33-19(17)18(28-21)20(30)29-10-7-16(13-29)26-22(31)32-23(2,3)4;1-2/h5-6,8-9,11-12,14,16H,7,10,13H2,1-4H3,(H,26,31)(H,25,27,28);1-2H3/t14?,16-;/m1./s1. The lowest BCUT2D eigenvalue weighted by molar-refractivity contribution is 0.0502. The second-order valence-corrected chi connectivity index (χ2v) is 9.98. The minimum atomic E-state index is -0.569. The summed E-state index contributed by atoms with van der Waals surface area (Å²) in [6.07, 6.45) is 3.70. The number of aromatic nitrogens is 3. The topological polar surface area (TPSA) is 109 Å². The van der Waals surface area contributed by atoms with E-state index in [1.165, 1.54) is 11.3 Å². The van der Waals surface area contributed by atoms with Crippen LogP contribution in [-0.4, -0.2) is 56.6 Å². The number of hydrogen-bond acceptors (Lipinski definition) is 8. The number of alkyl carbamates (subject to hydrolysis) is 1. The van der Waals surface area contributed by atoms with Crippen LogP contribution in [0.25, 0.3) is 10.2 Å². The minimum absolute atomic E-state index is 0.0769. The molecule has 4 rings (SSSR count). The van der Waals surface area contributed by atoms with E-state index in [0.29, 0.717) is 31.2 Å². The first kappa shape index (κ1) is 26.3. The molecular formula is C25H34N6O3S. The van der Waals surface area contributed by atoms with Crippen molar-refractivity contribution in [3.05, 3.63) is 47.2 Å². The van der Waals surface area contributed by atoms with Crippen LogP contribution in [0.5, 0.6) is 0 Å². The largest absolute Gasteiger partial charge is 0.444 e. The van der Waals surface area contributed by atoms with E-state index >= 15 is 0 Å². The van der Waals surface area contributed by atoms with Gasteiger partial charge in [0.1, 0.15) is 5.60 Å². The number of ether oxygens (including phenoxy) is 1. The molecular weight excluding hydrogens is 464 g/mol. The van der Waals surface area contributed by atoms with Gasteiger partial charge in [-0.05, 0) is 57.2 Å². The number of nitrogens with zero attached hydrogens (tertiary/aromatic N) is 4. The zero-order chi connectivity index (χ0) is 25.6. The molecule has 3 aromatic rings. The van der Waals surface area contributed by atoms with Gasteiger partial charge in [0, 0.05) is 25.5 Å². The fourth-order valence-electron chi connectivity index (χ4n) is 3.67. The number of anilines is 1. The zero-order valence-electron chi connectivity index (χ0n) is 21.2. The molecule has 2 amide bonds. The molecule has 0 aromatic carbocycles. The van der Waals surface area contributed by atoms with Gasteiger partial charge in [-0.25, -0.2) is 14.8 Å². The molecule has 4 heterocycles. The highest BCUT2D eigenvalue weighted by atomic mass is 32.1. The highest BCUT2D eigenvalue weighted by molar-refractivity contribution is 7.17. The number of nitrogens with one attached hydrogen (secondary N) is 2. The van der Waals surface area contributed by atoms with Crippen LogP contribution in [0, 0.1) is 0 Å². The summed E-state index contributed by atoms with van der Waals surface area (Å²) >= 11 is 1.44. The van der Waals surface area contributed by atoms with Crippen LogP contribution in [-0.2, 0) is 4.74 Å². The summed E-state index contributed by atoms with van der Waals surface area (Å²) in [4.78, 5) is 40.5. The quantitative estimate of drug-likeness (QED) is 0.508. The van der Waals surface area contributed by atoms with Crippen molar-refractivity contribution in [1.82, 2.24) is 25.2 Å². The summed E-state index contributed by atoms with van der Waals surface area (Å²) in [6, 6.07) is 5.50. The molecule has 188 valence electrons. The first-order chi connectivity index (χ1) is 16.7. The molecule has 1 aliphatic rings. The third kappa shape index (κ3) is 6.88. The molecule has 0 aliphatic carbocycles. The van der Waals surface area contributed by atoms with Crippen LogP contribution in [0.2, 0.25) is 0 Å². The normalized spacial score (nSPS) is 16.3. The zero-order valence-corrected chi connectivity index (χ0v) is 22.0. The molecule has 1 saturated heterocycles. The first-order valence-electron chi connectivity index (χ1n) is 11.9. The molecule has 0 bridgehead atoms. The van der Waals surface area contributed by atoms with Gasteiger partial charge in [0.25, 0.3) is 5.91 Å². The number of carbonyl (C=O) groups excluding carboxylic acids is 2. The number of carbonyl (C=O) groups is 2. The molecule has 10 heteroatoms. The molecule has 9 nitrogen and oxygen atoms in total. The van der Waals surface area contributed by atoms with Crippen LogP contribution in [0.15, 0.2) is 36.0 Å². The smallest absolute Gasteiger partial charge is 0.407 e. The average Bonchev–Trinajstić information content (AvgIpc) is 3.48. The van der Waals surface area contributed by atoms with Crippen LogP contribution in [0.4, 0.5) is 10.7 Å². The van der Waals surface area contributed by atoms with Gasteiger partial charge in [0.05, 0.1) is 22.3 Å². The van der Waals surface area contributed by atoms with Gasteiger partial charge in [0.2, 0.25) is 5.95 Å². The molecule has 0 spiro atoms. The van der Waals surface area contributed by atoms with Crippen molar-refractivity contribution in [3.8, 4) is 0 Å². The molecule has 2 atom stereocenters. The Labute approximate surface area is 210 Å². The highest BCUT2D eigenvalue weighted by Crippen LogP contribution is 2.27. The third-order valence-electron chi connectivity index (χ3n) is 5.23. The molecule has 3 aromatic heterocycles. The molecule has 0 saturated carbocycles. The molecule has 35 heavy (non-hydrogen) atoms. The maximum Gasteiger partial charge on any atom is 0.407 e. The van der Waals surface area contributed by atoms with E-state index in [1.807, 2.05) is 65.1 Å². The Hall–Kier alpha value is -3.27. The Bertz CT molecular complexity index is 1150. The van der Waals surface area contributed by atoms with E-state index in [4.69, 9.17) is 4.74 Å². The second-order valence-electron chi connectivity index (χ2n) is 9.07. The number of thiophene rings is 1. The maximum absolute atomic E-state index is 13.4. The Morgan fingerprint density at radius 3 is 2.69 bits per heavy atom. The lowest BCUT2D eigenvalue weighted by Gasteiger charge is -2.22. The highest BCUT2D eigenvalue weighted by Gasteiger charge is 2.31. The van der Waals surface area contributed by atoms with Gasteiger partial charge in [-0.3, -0.25) is 9.78 Å². The van der Waals surface area contributed by atoms with Gasteiger partial charge in [-0.1, -0.05) is 19.9 Å². The average molecular weight is 499 g/mol. The molecule has 0 radical (unpaired) electrons. The Balaban J connectivity index is 0.00000167. The number of amides is 2. The van der Waals surface area contributed by atoms with Crippen molar-refractivity contribution in [2.45, 2.75) is 65.6 Å². The summed E-state index contributed by atoms with van der Waals surface area (Å²) in [5.41, 5.74) is 1.52. The van der Waals surface area contributed by atoms with E-state index < -0.39 is 11.7 Å². The first-order valence-corrected chi connectivity index (χ1v) is 12.8. The van der Waals surface area contributed by atoms with Gasteiger partial charge in [-0.2, -0.15) is 0 Å². The number of likely N-dealkylation sites (tertiary alicyclic amines) is 1. The van der Waals surface area contributed by atoms with Crippen molar-refractivity contribution >= 4 is 39.5 Å². The second kappa shape index (κ2) is 11.4. The Morgan fingerprint density at radius 1 is 1.23 bits per heavy atom. The van der Waals surface area contributed by atoms with E-state index in [9.17, 15) is 9.59 Å². The van der Waals surface area contributed by atoms with Crippen LogP contribution in [0.1, 0.15) is 70.1 Å². The van der Waals surface area contributed by atoms with E-state index in [2.05, 4.69) is 25.6 Å².